The van der Waals surface area contributed by atoms with Crippen LogP contribution in [-0.2, 0) is 0 Å². The van der Waals surface area contributed by atoms with E-state index in [1.54, 1.807) is 11.3 Å². The highest BCUT2D eigenvalue weighted by atomic mass is 32.1. The maximum absolute atomic E-state index is 12.7. The standard InChI is InChI=1S/C16H14N2OS/c19-16-13-9-11(15-4-2-8-20-15)5-6-14(13)17-10-12-3-1-7-18(12)16/h2,4-6,8-10,12H,1,3,7H2/t12-/m0/s1. The molecule has 0 aliphatic carbocycles. The number of hydrogen-bond acceptors (Lipinski definition) is 3. The van der Waals surface area contributed by atoms with E-state index >= 15 is 0 Å². The fraction of sp³-hybridized carbons (Fsp3) is 0.250. The summed E-state index contributed by atoms with van der Waals surface area (Å²) in [6, 6.07) is 10.3. The Morgan fingerprint density at radius 2 is 2.25 bits per heavy atom. The minimum atomic E-state index is 0.124. The summed E-state index contributed by atoms with van der Waals surface area (Å²) in [4.78, 5) is 20.3. The van der Waals surface area contributed by atoms with Gasteiger partial charge in [-0.25, -0.2) is 0 Å². The van der Waals surface area contributed by atoms with Gasteiger partial charge in [-0.05, 0) is 42.0 Å². The quantitative estimate of drug-likeness (QED) is 0.784. The van der Waals surface area contributed by atoms with Gasteiger partial charge < -0.3 is 4.90 Å². The van der Waals surface area contributed by atoms with Gasteiger partial charge in [-0.15, -0.1) is 11.3 Å². The van der Waals surface area contributed by atoms with Crippen molar-refractivity contribution in [1.82, 2.24) is 4.90 Å². The molecule has 3 nitrogen and oxygen atoms in total. The van der Waals surface area contributed by atoms with E-state index in [2.05, 4.69) is 16.4 Å². The van der Waals surface area contributed by atoms with E-state index in [4.69, 9.17) is 0 Å². The van der Waals surface area contributed by atoms with Crippen molar-refractivity contribution < 1.29 is 4.79 Å². The predicted molar refractivity (Wildman–Crippen MR) is 82.0 cm³/mol. The average molecular weight is 282 g/mol. The summed E-state index contributed by atoms with van der Waals surface area (Å²) in [6.45, 7) is 0.845. The van der Waals surface area contributed by atoms with Crippen LogP contribution in [0.3, 0.4) is 0 Å². The highest BCUT2D eigenvalue weighted by Gasteiger charge is 2.31. The number of carbonyl (C=O) groups is 1. The monoisotopic (exact) mass is 282 g/mol. The Bertz CT molecular complexity index is 691. The van der Waals surface area contributed by atoms with Gasteiger partial charge in [0.1, 0.15) is 0 Å². The number of hydrogen-bond donors (Lipinski definition) is 0. The van der Waals surface area contributed by atoms with Gasteiger partial charge in [0.25, 0.3) is 5.91 Å². The second-order valence-electron chi connectivity index (χ2n) is 5.20. The molecule has 100 valence electrons. The van der Waals surface area contributed by atoms with Crippen LogP contribution in [0.1, 0.15) is 23.2 Å². The molecule has 1 aromatic heterocycles. The van der Waals surface area contributed by atoms with E-state index in [0.29, 0.717) is 0 Å². The van der Waals surface area contributed by atoms with Crippen LogP contribution < -0.4 is 0 Å². The predicted octanol–water partition coefficient (Wildman–Crippen LogP) is 3.74. The van der Waals surface area contributed by atoms with Gasteiger partial charge in [0.05, 0.1) is 17.3 Å². The molecule has 2 aromatic rings. The number of amides is 1. The molecule has 1 atom stereocenters. The van der Waals surface area contributed by atoms with E-state index in [-0.39, 0.29) is 11.9 Å². The first kappa shape index (κ1) is 11.9. The molecule has 0 radical (unpaired) electrons. The van der Waals surface area contributed by atoms with E-state index in [1.807, 2.05) is 35.4 Å². The molecule has 3 heterocycles. The highest BCUT2D eigenvalue weighted by Crippen LogP contribution is 2.33. The Kier molecular flexibility index (Phi) is 2.70. The van der Waals surface area contributed by atoms with Gasteiger partial charge in [-0.2, -0.15) is 0 Å². The van der Waals surface area contributed by atoms with Crippen molar-refractivity contribution in [2.75, 3.05) is 6.54 Å². The number of benzene rings is 1. The molecule has 1 fully saturated rings. The third-order valence-electron chi connectivity index (χ3n) is 3.98. The first-order valence-electron chi connectivity index (χ1n) is 6.86. The molecule has 1 aromatic carbocycles. The largest absolute Gasteiger partial charge is 0.331 e. The lowest BCUT2D eigenvalue weighted by Gasteiger charge is -2.20. The van der Waals surface area contributed by atoms with E-state index < -0.39 is 0 Å². The maximum Gasteiger partial charge on any atom is 0.256 e. The zero-order valence-corrected chi connectivity index (χ0v) is 11.8. The summed E-state index contributed by atoms with van der Waals surface area (Å²) in [5.74, 6) is 0.124. The number of thiophene rings is 1. The zero-order valence-electron chi connectivity index (χ0n) is 11.0. The number of fused-ring (bicyclic) bond motifs is 2. The molecule has 2 aliphatic heterocycles. The molecule has 0 spiro atoms. The molecule has 0 unspecified atom stereocenters. The lowest BCUT2D eigenvalue weighted by Crippen LogP contribution is -2.35. The Morgan fingerprint density at radius 3 is 3.10 bits per heavy atom. The zero-order chi connectivity index (χ0) is 13.5. The topological polar surface area (TPSA) is 32.7 Å². The lowest BCUT2D eigenvalue weighted by molar-refractivity contribution is 0.0775. The van der Waals surface area contributed by atoms with Crippen LogP contribution in [0.15, 0.2) is 40.7 Å². The summed E-state index contributed by atoms with van der Waals surface area (Å²) in [5, 5.41) is 2.05. The van der Waals surface area contributed by atoms with E-state index in [9.17, 15) is 4.79 Å². The van der Waals surface area contributed by atoms with E-state index in [1.165, 1.54) is 4.88 Å². The maximum atomic E-state index is 12.7. The molecule has 4 rings (SSSR count). The van der Waals surface area contributed by atoms with Crippen molar-refractivity contribution >= 4 is 29.1 Å². The first-order chi connectivity index (χ1) is 9.83. The van der Waals surface area contributed by atoms with Crippen LogP contribution in [-0.4, -0.2) is 29.6 Å². The summed E-state index contributed by atoms with van der Waals surface area (Å²) >= 11 is 1.69. The number of aliphatic imine (C=N–C) groups is 1. The Labute approximate surface area is 121 Å². The van der Waals surface area contributed by atoms with Gasteiger partial charge >= 0.3 is 0 Å². The summed E-state index contributed by atoms with van der Waals surface area (Å²) in [6.07, 6.45) is 4.03. The van der Waals surface area contributed by atoms with Gasteiger partial charge in [0.2, 0.25) is 0 Å². The molecule has 1 saturated heterocycles. The van der Waals surface area contributed by atoms with Crippen molar-refractivity contribution in [3.63, 3.8) is 0 Å². The average Bonchev–Trinajstić information content (AvgIpc) is 3.13. The van der Waals surface area contributed by atoms with Crippen molar-refractivity contribution in [2.45, 2.75) is 18.9 Å². The molecule has 0 bridgehead atoms. The molecule has 4 heteroatoms. The van der Waals surface area contributed by atoms with Crippen LogP contribution in [0.2, 0.25) is 0 Å². The molecular weight excluding hydrogens is 268 g/mol. The molecule has 2 aliphatic rings. The fourth-order valence-electron chi connectivity index (χ4n) is 2.94. The second-order valence-corrected chi connectivity index (χ2v) is 6.14. The SMILES string of the molecule is O=C1c2cc(-c3cccs3)ccc2N=C[C@@H]2CCCN12. The van der Waals surface area contributed by atoms with Crippen molar-refractivity contribution in [3.05, 3.63) is 41.3 Å². The number of carbonyl (C=O) groups excluding carboxylic acids is 1. The molecule has 20 heavy (non-hydrogen) atoms. The van der Waals surface area contributed by atoms with Crippen molar-refractivity contribution in [2.24, 2.45) is 4.99 Å². The number of nitrogens with zero attached hydrogens (tertiary/aromatic N) is 2. The molecule has 0 N–H and O–H groups in total. The summed E-state index contributed by atoms with van der Waals surface area (Å²) in [7, 11) is 0. The smallest absolute Gasteiger partial charge is 0.256 e. The van der Waals surface area contributed by atoms with Crippen LogP contribution in [0.25, 0.3) is 10.4 Å². The van der Waals surface area contributed by atoms with Crippen molar-refractivity contribution in [1.29, 1.82) is 0 Å². The van der Waals surface area contributed by atoms with Crippen LogP contribution in [0, 0.1) is 0 Å². The van der Waals surface area contributed by atoms with E-state index in [0.717, 1.165) is 36.2 Å². The lowest BCUT2D eigenvalue weighted by atomic mass is 10.1. The normalized spacial score (nSPS) is 20.7. The van der Waals surface area contributed by atoms with Gasteiger partial charge in [0.15, 0.2) is 0 Å². The molecule has 0 saturated carbocycles. The van der Waals surface area contributed by atoms with Crippen LogP contribution in [0.4, 0.5) is 5.69 Å². The Morgan fingerprint density at radius 1 is 1.30 bits per heavy atom. The van der Waals surface area contributed by atoms with Crippen molar-refractivity contribution in [3.8, 4) is 10.4 Å². The van der Waals surface area contributed by atoms with Gasteiger partial charge in [-0.1, -0.05) is 12.1 Å². The minimum Gasteiger partial charge on any atom is -0.331 e. The molecular formula is C16H14N2OS. The van der Waals surface area contributed by atoms with Crippen LogP contribution >= 0.6 is 11.3 Å². The highest BCUT2D eigenvalue weighted by molar-refractivity contribution is 7.13. The van der Waals surface area contributed by atoms with Gasteiger partial charge in [0, 0.05) is 17.6 Å². The Hall–Kier alpha value is -1.94. The fourth-order valence-corrected chi connectivity index (χ4v) is 3.66. The first-order valence-corrected chi connectivity index (χ1v) is 7.74. The minimum absolute atomic E-state index is 0.124. The third-order valence-corrected chi connectivity index (χ3v) is 4.90. The third kappa shape index (κ3) is 1.79. The number of rotatable bonds is 1. The Balaban J connectivity index is 1.82. The molecule has 1 amide bonds. The second kappa shape index (κ2) is 4.56. The van der Waals surface area contributed by atoms with Gasteiger partial charge in [-0.3, -0.25) is 9.79 Å². The summed E-state index contributed by atoms with van der Waals surface area (Å²) < 4.78 is 0. The summed E-state index contributed by atoms with van der Waals surface area (Å²) in [5.41, 5.74) is 2.63. The van der Waals surface area contributed by atoms with Crippen LogP contribution in [0.5, 0.6) is 0 Å².